The molecule has 3 nitrogen and oxygen atoms in total. The maximum absolute atomic E-state index is 12.5. The van der Waals surface area contributed by atoms with Crippen LogP contribution in [0.5, 0.6) is 0 Å². The lowest BCUT2D eigenvalue weighted by Gasteiger charge is -2.27. The smallest absolute Gasteiger partial charge is 0.227 e. The molecule has 1 aliphatic rings. The minimum Gasteiger partial charge on any atom is -0.341 e. The Balaban J connectivity index is 1.70. The highest BCUT2D eigenvalue weighted by molar-refractivity contribution is 5.83. The fourth-order valence-corrected chi connectivity index (χ4v) is 3.06. The van der Waals surface area contributed by atoms with Crippen LogP contribution < -0.4 is 5.32 Å². The molecule has 0 saturated carbocycles. The van der Waals surface area contributed by atoms with Gasteiger partial charge in [0.2, 0.25) is 5.91 Å². The zero-order valence-electron chi connectivity index (χ0n) is 12.5. The Morgan fingerprint density at radius 3 is 2.81 bits per heavy atom. The first-order valence-electron chi connectivity index (χ1n) is 7.67. The summed E-state index contributed by atoms with van der Waals surface area (Å²) in [5.74, 6) is 0.402. The summed E-state index contributed by atoms with van der Waals surface area (Å²) in [5, 5.41) is 5.79. The lowest BCUT2D eigenvalue weighted by molar-refractivity contribution is -0.135. The number of rotatable bonds is 3. The number of carbonyl (C=O) groups is 1. The Hall–Kier alpha value is -1.87. The molecule has 1 aliphatic heterocycles. The topological polar surface area (TPSA) is 32.3 Å². The molecule has 1 saturated heterocycles. The van der Waals surface area contributed by atoms with Gasteiger partial charge in [-0.3, -0.25) is 4.79 Å². The number of fused-ring (bicyclic) bond motifs is 1. The summed E-state index contributed by atoms with van der Waals surface area (Å²) < 4.78 is 0. The first kappa shape index (κ1) is 14.1. The van der Waals surface area contributed by atoms with Crippen molar-refractivity contribution in [1.29, 1.82) is 0 Å². The number of piperidine rings is 1. The first-order valence-corrected chi connectivity index (χ1v) is 7.67. The predicted molar refractivity (Wildman–Crippen MR) is 86.0 cm³/mol. The molecule has 3 heteroatoms. The number of hydrogen-bond acceptors (Lipinski definition) is 2. The summed E-state index contributed by atoms with van der Waals surface area (Å²) in [6.45, 7) is 2.54. The Bertz CT molecular complexity index is 632. The molecule has 0 aliphatic carbocycles. The Labute approximate surface area is 125 Å². The Kier molecular flexibility index (Phi) is 4.20. The van der Waals surface area contributed by atoms with Gasteiger partial charge in [-0.15, -0.1) is 0 Å². The van der Waals surface area contributed by atoms with Crippen LogP contribution in [0.15, 0.2) is 42.5 Å². The van der Waals surface area contributed by atoms with Gasteiger partial charge in [-0.1, -0.05) is 36.4 Å². The van der Waals surface area contributed by atoms with Gasteiger partial charge in [0.15, 0.2) is 0 Å². The van der Waals surface area contributed by atoms with Gasteiger partial charge in [-0.25, -0.2) is 0 Å². The van der Waals surface area contributed by atoms with Crippen LogP contribution in [0.3, 0.4) is 0 Å². The van der Waals surface area contributed by atoms with E-state index in [4.69, 9.17) is 0 Å². The Morgan fingerprint density at radius 2 is 2.05 bits per heavy atom. The highest BCUT2D eigenvalue weighted by atomic mass is 16.2. The lowest BCUT2D eigenvalue weighted by atomic mass is 9.98. The van der Waals surface area contributed by atoms with Gasteiger partial charge in [0.05, 0.1) is 5.92 Å². The molecule has 0 bridgehead atoms. The fraction of sp³-hybridized carbons (Fsp3) is 0.389. The monoisotopic (exact) mass is 282 g/mol. The van der Waals surface area contributed by atoms with Crippen molar-refractivity contribution < 1.29 is 4.79 Å². The molecule has 110 valence electrons. The van der Waals surface area contributed by atoms with Gasteiger partial charge in [-0.05, 0) is 41.8 Å². The van der Waals surface area contributed by atoms with E-state index in [-0.39, 0.29) is 11.8 Å². The largest absolute Gasteiger partial charge is 0.341 e. The van der Waals surface area contributed by atoms with Crippen LogP contribution in [0.25, 0.3) is 10.8 Å². The number of nitrogens with zero attached hydrogens (tertiary/aromatic N) is 1. The van der Waals surface area contributed by atoms with E-state index in [1.165, 1.54) is 16.3 Å². The van der Waals surface area contributed by atoms with Gasteiger partial charge in [0, 0.05) is 20.1 Å². The molecule has 3 rings (SSSR count). The number of nitrogens with one attached hydrogen (secondary N) is 1. The number of amides is 1. The summed E-state index contributed by atoms with van der Waals surface area (Å²) in [6, 6.07) is 14.8. The minimum absolute atomic E-state index is 0.143. The van der Waals surface area contributed by atoms with Crippen molar-refractivity contribution in [3.63, 3.8) is 0 Å². The molecule has 2 aromatic rings. The van der Waals surface area contributed by atoms with Gasteiger partial charge < -0.3 is 10.2 Å². The van der Waals surface area contributed by atoms with Crippen molar-refractivity contribution >= 4 is 16.7 Å². The summed E-state index contributed by atoms with van der Waals surface area (Å²) in [4.78, 5) is 14.3. The standard InChI is InChI=1S/C18H22N2O/c1-20(18(21)17-7-4-10-19-12-17)13-14-8-9-15-5-2-3-6-16(15)11-14/h2-3,5-6,8-9,11,17,19H,4,7,10,12-13H2,1H3/t17-/m1/s1. The zero-order valence-corrected chi connectivity index (χ0v) is 12.5. The molecule has 0 spiro atoms. The van der Waals surface area contributed by atoms with Crippen molar-refractivity contribution in [3.8, 4) is 0 Å². The molecular formula is C18H22N2O. The van der Waals surface area contributed by atoms with Crippen LogP contribution in [-0.2, 0) is 11.3 Å². The molecule has 0 radical (unpaired) electrons. The van der Waals surface area contributed by atoms with E-state index < -0.39 is 0 Å². The first-order chi connectivity index (χ1) is 10.2. The van der Waals surface area contributed by atoms with Crippen molar-refractivity contribution in [1.82, 2.24) is 10.2 Å². The third kappa shape index (κ3) is 3.24. The van der Waals surface area contributed by atoms with Gasteiger partial charge >= 0.3 is 0 Å². The van der Waals surface area contributed by atoms with Crippen LogP contribution in [0.1, 0.15) is 18.4 Å². The normalized spacial score (nSPS) is 18.6. The second-order valence-corrected chi connectivity index (χ2v) is 5.92. The van der Waals surface area contributed by atoms with Crippen LogP contribution in [-0.4, -0.2) is 30.9 Å². The number of carbonyl (C=O) groups excluding carboxylic acids is 1. The van der Waals surface area contributed by atoms with E-state index in [1.54, 1.807) is 0 Å². The van der Waals surface area contributed by atoms with Crippen LogP contribution in [0.4, 0.5) is 0 Å². The quantitative estimate of drug-likeness (QED) is 0.939. The molecule has 1 amide bonds. The van der Waals surface area contributed by atoms with E-state index >= 15 is 0 Å². The second-order valence-electron chi connectivity index (χ2n) is 5.92. The Morgan fingerprint density at radius 1 is 1.24 bits per heavy atom. The molecule has 1 fully saturated rings. The SMILES string of the molecule is CN(Cc1ccc2ccccc2c1)C(=O)[C@@H]1CCCNC1. The highest BCUT2D eigenvalue weighted by Gasteiger charge is 2.23. The molecule has 1 atom stereocenters. The molecule has 2 aromatic carbocycles. The fourth-order valence-electron chi connectivity index (χ4n) is 3.06. The highest BCUT2D eigenvalue weighted by Crippen LogP contribution is 2.18. The number of benzene rings is 2. The van der Waals surface area contributed by atoms with Crippen molar-refractivity contribution in [3.05, 3.63) is 48.0 Å². The lowest BCUT2D eigenvalue weighted by Crippen LogP contribution is -2.41. The van der Waals surface area contributed by atoms with E-state index in [0.717, 1.165) is 25.9 Å². The maximum atomic E-state index is 12.5. The van der Waals surface area contributed by atoms with Crippen LogP contribution in [0, 0.1) is 5.92 Å². The van der Waals surface area contributed by atoms with Crippen molar-refractivity contribution in [2.75, 3.05) is 20.1 Å². The number of hydrogen-bond donors (Lipinski definition) is 1. The predicted octanol–water partition coefficient (Wildman–Crippen LogP) is 2.80. The third-order valence-corrected chi connectivity index (χ3v) is 4.26. The van der Waals surface area contributed by atoms with E-state index in [1.807, 2.05) is 18.0 Å². The van der Waals surface area contributed by atoms with Crippen molar-refractivity contribution in [2.24, 2.45) is 5.92 Å². The summed E-state index contributed by atoms with van der Waals surface area (Å²) in [5.41, 5.74) is 1.19. The van der Waals surface area contributed by atoms with Gasteiger partial charge in [-0.2, -0.15) is 0 Å². The summed E-state index contributed by atoms with van der Waals surface area (Å²) >= 11 is 0. The summed E-state index contributed by atoms with van der Waals surface area (Å²) in [6.07, 6.45) is 2.11. The summed E-state index contributed by atoms with van der Waals surface area (Å²) in [7, 11) is 1.91. The van der Waals surface area contributed by atoms with Crippen molar-refractivity contribution in [2.45, 2.75) is 19.4 Å². The third-order valence-electron chi connectivity index (χ3n) is 4.26. The molecule has 0 unspecified atom stereocenters. The molecule has 0 aromatic heterocycles. The van der Waals surface area contributed by atoms with Gasteiger partial charge in [0.1, 0.15) is 0 Å². The second kappa shape index (κ2) is 6.27. The zero-order chi connectivity index (χ0) is 14.7. The minimum atomic E-state index is 0.143. The van der Waals surface area contributed by atoms with Crippen LogP contribution in [0.2, 0.25) is 0 Å². The molecule has 1 N–H and O–H groups in total. The van der Waals surface area contributed by atoms with E-state index in [0.29, 0.717) is 6.54 Å². The molecule has 1 heterocycles. The maximum Gasteiger partial charge on any atom is 0.227 e. The van der Waals surface area contributed by atoms with E-state index in [9.17, 15) is 4.79 Å². The van der Waals surface area contributed by atoms with Crippen LogP contribution >= 0.6 is 0 Å². The molecule has 21 heavy (non-hydrogen) atoms. The average molecular weight is 282 g/mol. The average Bonchev–Trinajstić information content (AvgIpc) is 2.55. The van der Waals surface area contributed by atoms with E-state index in [2.05, 4.69) is 41.7 Å². The van der Waals surface area contributed by atoms with Gasteiger partial charge in [0.25, 0.3) is 0 Å². The molecular weight excluding hydrogens is 260 g/mol.